The molecule has 0 aromatic rings. The molecule has 4 amide bonds. The van der Waals surface area contributed by atoms with Crippen LogP contribution >= 0.6 is 0 Å². The topological polar surface area (TPSA) is 116 Å². The van der Waals surface area contributed by atoms with Gasteiger partial charge in [-0.2, -0.15) is 0 Å². The van der Waals surface area contributed by atoms with Gasteiger partial charge in [0.25, 0.3) is 5.91 Å². The zero-order chi connectivity index (χ0) is 15.6. The van der Waals surface area contributed by atoms with Crippen LogP contribution in [0.25, 0.3) is 0 Å². The number of nitrogens with zero attached hydrogens (tertiary/aromatic N) is 1. The van der Waals surface area contributed by atoms with Crippen LogP contribution < -0.4 is 10.6 Å². The van der Waals surface area contributed by atoms with Crippen molar-refractivity contribution < 1.29 is 24.3 Å². The zero-order valence-electron chi connectivity index (χ0n) is 11.8. The lowest BCUT2D eigenvalue weighted by atomic mass is 9.71. The SMILES string of the molecule is CC1(C(=O)O)CCCCC1NC(=O)CN1C(=O)CNC1=O. The van der Waals surface area contributed by atoms with E-state index in [1.54, 1.807) is 6.92 Å². The summed E-state index contributed by atoms with van der Waals surface area (Å²) < 4.78 is 0. The van der Waals surface area contributed by atoms with Crippen LogP contribution in [0.5, 0.6) is 0 Å². The van der Waals surface area contributed by atoms with Crippen LogP contribution in [-0.4, -0.2) is 53.0 Å². The number of amides is 4. The Hall–Kier alpha value is -2.12. The van der Waals surface area contributed by atoms with E-state index in [0.29, 0.717) is 12.8 Å². The van der Waals surface area contributed by atoms with Crippen molar-refractivity contribution in [3.05, 3.63) is 0 Å². The summed E-state index contributed by atoms with van der Waals surface area (Å²) in [5.41, 5.74) is -1.01. The van der Waals surface area contributed by atoms with E-state index in [9.17, 15) is 24.3 Å². The van der Waals surface area contributed by atoms with Crippen molar-refractivity contribution in [3.8, 4) is 0 Å². The minimum Gasteiger partial charge on any atom is -0.481 e. The molecule has 0 bridgehead atoms. The fraction of sp³-hybridized carbons (Fsp3) is 0.692. The molecular weight excluding hydrogens is 278 g/mol. The second kappa shape index (κ2) is 5.71. The lowest BCUT2D eigenvalue weighted by Gasteiger charge is -2.38. The lowest BCUT2D eigenvalue weighted by Crippen LogP contribution is -2.54. The molecule has 2 fully saturated rings. The summed E-state index contributed by atoms with van der Waals surface area (Å²) in [4.78, 5) is 47.0. The van der Waals surface area contributed by atoms with Crippen LogP contribution in [0.3, 0.4) is 0 Å². The molecule has 2 unspecified atom stereocenters. The maximum absolute atomic E-state index is 12.0. The molecule has 1 aliphatic carbocycles. The Labute approximate surface area is 121 Å². The lowest BCUT2D eigenvalue weighted by molar-refractivity contribution is -0.152. The highest BCUT2D eigenvalue weighted by atomic mass is 16.4. The third-order valence-electron chi connectivity index (χ3n) is 4.27. The fourth-order valence-electron chi connectivity index (χ4n) is 2.82. The Morgan fingerprint density at radius 3 is 2.71 bits per heavy atom. The first kappa shape index (κ1) is 15.3. The number of hydrogen-bond donors (Lipinski definition) is 3. The third kappa shape index (κ3) is 2.98. The van der Waals surface area contributed by atoms with E-state index in [4.69, 9.17) is 0 Å². The fourth-order valence-corrected chi connectivity index (χ4v) is 2.82. The van der Waals surface area contributed by atoms with Crippen LogP contribution in [0.15, 0.2) is 0 Å². The van der Waals surface area contributed by atoms with Crippen molar-refractivity contribution in [1.82, 2.24) is 15.5 Å². The van der Waals surface area contributed by atoms with Gasteiger partial charge in [0, 0.05) is 6.04 Å². The van der Waals surface area contributed by atoms with E-state index in [1.807, 2.05) is 0 Å². The standard InChI is InChI=1S/C13H19N3O5/c1-13(11(19)20)5-3-2-4-8(13)15-9(17)7-16-10(18)6-14-12(16)21/h8H,2-7H2,1H3,(H,14,21)(H,15,17)(H,19,20). The summed E-state index contributed by atoms with van der Waals surface area (Å²) in [6.45, 7) is 1.13. The number of urea groups is 1. The second-order valence-electron chi connectivity index (χ2n) is 5.73. The van der Waals surface area contributed by atoms with E-state index < -0.39 is 35.3 Å². The van der Waals surface area contributed by atoms with Crippen LogP contribution in [0.1, 0.15) is 32.6 Å². The number of carbonyl (C=O) groups is 4. The first-order valence-electron chi connectivity index (χ1n) is 6.95. The van der Waals surface area contributed by atoms with Gasteiger partial charge >= 0.3 is 12.0 Å². The van der Waals surface area contributed by atoms with E-state index in [0.717, 1.165) is 17.7 Å². The van der Waals surface area contributed by atoms with Crippen molar-refractivity contribution in [1.29, 1.82) is 0 Å². The van der Waals surface area contributed by atoms with Gasteiger partial charge in [-0.1, -0.05) is 12.8 Å². The van der Waals surface area contributed by atoms with Gasteiger partial charge in [-0.15, -0.1) is 0 Å². The van der Waals surface area contributed by atoms with Crippen LogP contribution in [0.2, 0.25) is 0 Å². The minimum atomic E-state index is -1.01. The first-order valence-corrected chi connectivity index (χ1v) is 6.95. The molecule has 1 saturated carbocycles. The monoisotopic (exact) mass is 297 g/mol. The Balaban J connectivity index is 1.99. The van der Waals surface area contributed by atoms with Gasteiger partial charge in [0.2, 0.25) is 5.91 Å². The summed E-state index contributed by atoms with van der Waals surface area (Å²) in [6, 6.07) is -1.09. The molecule has 8 heteroatoms. The molecular formula is C13H19N3O5. The molecule has 116 valence electrons. The first-order chi connectivity index (χ1) is 9.84. The van der Waals surface area contributed by atoms with Gasteiger partial charge < -0.3 is 15.7 Å². The van der Waals surface area contributed by atoms with Gasteiger partial charge in [0.05, 0.1) is 12.0 Å². The minimum absolute atomic E-state index is 0.109. The van der Waals surface area contributed by atoms with Gasteiger partial charge in [-0.25, -0.2) is 4.79 Å². The molecule has 2 aliphatic rings. The third-order valence-corrected chi connectivity index (χ3v) is 4.27. The Morgan fingerprint density at radius 1 is 1.43 bits per heavy atom. The number of rotatable bonds is 4. The van der Waals surface area contributed by atoms with Crippen LogP contribution in [0, 0.1) is 5.41 Å². The predicted molar refractivity (Wildman–Crippen MR) is 71.3 cm³/mol. The normalized spacial score (nSPS) is 29.2. The average Bonchev–Trinajstić information content (AvgIpc) is 2.73. The molecule has 8 nitrogen and oxygen atoms in total. The number of carboxylic acids is 1. The molecule has 0 aromatic heterocycles. The highest BCUT2D eigenvalue weighted by Crippen LogP contribution is 2.36. The predicted octanol–water partition coefficient (Wildman–Crippen LogP) is -0.312. The van der Waals surface area contributed by atoms with Crippen LogP contribution in [-0.2, 0) is 14.4 Å². The summed E-state index contributed by atoms with van der Waals surface area (Å²) in [5, 5.41) is 14.4. The number of aliphatic carboxylic acids is 1. The van der Waals surface area contributed by atoms with Gasteiger partial charge in [-0.3, -0.25) is 19.3 Å². The zero-order valence-corrected chi connectivity index (χ0v) is 11.8. The highest BCUT2D eigenvalue weighted by molar-refractivity contribution is 6.04. The van der Waals surface area contributed by atoms with Crippen molar-refractivity contribution in [2.75, 3.05) is 13.1 Å². The molecule has 21 heavy (non-hydrogen) atoms. The van der Waals surface area contributed by atoms with E-state index in [2.05, 4.69) is 10.6 Å². The van der Waals surface area contributed by atoms with Crippen molar-refractivity contribution in [2.45, 2.75) is 38.6 Å². The number of hydrogen-bond acceptors (Lipinski definition) is 4. The number of carbonyl (C=O) groups excluding carboxylic acids is 3. The molecule has 1 saturated heterocycles. The largest absolute Gasteiger partial charge is 0.481 e. The second-order valence-corrected chi connectivity index (χ2v) is 5.73. The van der Waals surface area contributed by atoms with Crippen molar-refractivity contribution >= 4 is 23.8 Å². The van der Waals surface area contributed by atoms with E-state index in [-0.39, 0.29) is 13.1 Å². The molecule has 2 rings (SSSR count). The molecule has 1 heterocycles. The highest BCUT2D eigenvalue weighted by Gasteiger charge is 2.44. The molecule has 2 atom stereocenters. The maximum Gasteiger partial charge on any atom is 0.325 e. The summed E-state index contributed by atoms with van der Waals surface area (Å²) in [7, 11) is 0. The van der Waals surface area contributed by atoms with E-state index in [1.165, 1.54) is 0 Å². The maximum atomic E-state index is 12.0. The van der Waals surface area contributed by atoms with Crippen molar-refractivity contribution in [2.24, 2.45) is 5.41 Å². The Morgan fingerprint density at radius 2 is 2.14 bits per heavy atom. The molecule has 0 aromatic carbocycles. The molecule has 3 N–H and O–H groups in total. The quantitative estimate of drug-likeness (QED) is 0.615. The van der Waals surface area contributed by atoms with Gasteiger partial charge in [0.1, 0.15) is 6.54 Å². The summed E-state index contributed by atoms with van der Waals surface area (Å²) in [6.07, 6.45) is 2.73. The summed E-state index contributed by atoms with van der Waals surface area (Å²) >= 11 is 0. The van der Waals surface area contributed by atoms with Crippen molar-refractivity contribution in [3.63, 3.8) is 0 Å². The van der Waals surface area contributed by atoms with Gasteiger partial charge in [-0.05, 0) is 19.8 Å². The Kier molecular flexibility index (Phi) is 4.15. The molecule has 0 spiro atoms. The smallest absolute Gasteiger partial charge is 0.325 e. The Bertz CT molecular complexity index is 476. The molecule has 1 aliphatic heterocycles. The average molecular weight is 297 g/mol. The number of nitrogens with one attached hydrogen (secondary N) is 2. The van der Waals surface area contributed by atoms with Crippen LogP contribution in [0.4, 0.5) is 4.79 Å². The summed E-state index contributed by atoms with van der Waals surface area (Å²) in [5.74, 6) is -1.91. The van der Waals surface area contributed by atoms with Gasteiger partial charge in [0.15, 0.2) is 0 Å². The van der Waals surface area contributed by atoms with E-state index >= 15 is 0 Å². The molecule has 0 radical (unpaired) electrons. The number of imide groups is 1. The number of carboxylic acid groups (broad SMARTS) is 1.